The van der Waals surface area contributed by atoms with Crippen LogP contribution in [0.4, 0.5) is 11.5 Å². The van der Waals surface area contributed by atoms with E-state index >= 15 is 0 Å². The van der Waals surface area contributed by atoms with E-state index in [1.54, 1.807) is 11.8 Å². The van der Waals surface area contributed by atoms with Crippen LogP contribution in [0.5, 0.6) is 0 Å². The van der Waals surface area contributed by atoms with Crippen LogP contribution >= 0.6 is 11.8 Å². The maximum atomic E-state index is 12.1. The van der Waals surface area contributed by atoms with Gasteiger partial charge in [-0.25, -0.2) is 9.97 Å². The van der Waals surface area contributed by atoms with Crippen molar-refractivity contribution in [1.29, 1.82) is 0 Å². The van der Waals surface area contributed by atoms with Gasteiger partial charge in [-0.15, -0.1) is 0 Å². The normalized spacial score (nSPS) is 12.2. The van der Waals surface area contributed by atoms with Crippen LogP contribution in [0, 0.1) is 0 Å². The number of rotatable bonds is 10. The van der Waals surface area contributed by atoms with Crippen LogP contribution in [0.1, 0.15) is 63.9 Å². The molecule has 1 aromatic heterocycles. The van der Waals surface area contributed by atoms with Crippen LogP contribution in [-0.2, 0) is 16.1 Å². The van der Waals surface area contributed by atoms with Crippen molar-refractivity contribution in [3.63, 3.8) is 0 Å². The third kappa shape index (κ3) is 5.76. The van der Waals surface area contributed by atoms with Crippen molar-refractivity contribution in [2.75, 3.05) is 5.32 Å². The number of nitrogens with one attached hydrogen (secondary N) is 1. The second-order valence-electron chi connectivity index (χ2n) is 7.96. The molecule has 6 heteroatoms. The molecule has 1 aliphatic rings. The van der Waals surface area contributed by atoms with Crippen molar-refractivity contribution < 1.29 is 9.53 Å². The number of hydrogen-bond donors (Lipinski definition) is 1. The Morgan fingerprint density at radius 2 is 1.77 bits per heavy atom. The fourth-order valence-electron chi connectivity index (χ4n) is 3.68. The Morgan fingerprint density at radius 1 is 0.968 bits per heavy atom. The molecule has 162 valence electrons. The summed E-state index contributed by atoms with van der Waals surface area (Å²) in [5.41, 5.74) is 3.62. The predicted octanol–water partition coefficient (Wildman–Crippen LogP) is 7.02. The van der Waals surface area contributed by atoms with E-state index in [4.69, 9.17) is 14.7 Å². The summed E-state index contributed by atoms with van der Waals surface area (Å²) >= 11 is 1.62. The monoisotopic (exact) mass is 435 g/mol. The van der Waals surface area contributed by atoms with E-state index in [-0.39, 0.29) is 12.6 Å². The largest absolute Gasteiger partial charge is 0.461 e. The van der Waals surface area contributed by atoms with Crippen LogP contribution in [-0.4, -0.2) is 15.9 Å². The first-order chi connectivity index (χ1) is 15.2. The Morgan fingerprint density at radius 3 is 2.65 bits per heavy atom. The Hall–Kier alpha value is -2.60. The summed E-state index contributed by atoms with van der Waals surface area (Å²) in [5.74, 6) is 0.659. The second-order valence-corrected chi connectivity index (χ2v) is 8.99. The van der Waals surface area contributed by atoms with E-state index in [2.05, 4.69) is 18.3 Å². The van der Waals surface area contributed by atoms with Crippen molar-refractivity contribution in [3.8, 4) is 0 Å². The van der Waals surface area contributed by atoms with Gasteiger partial charge in [-0.3, -0.25) is 4.79 Å². The number of benzene rings is 2. The van der Waals surface area contributed by atoms with E-state index in [9.17, 15) is 4.79 Å². The highest BCUT2D eigenvalue weighted by molar-refractivity contribution is 7.99. The lowest BCUT2D eigenvalue weighted by atomic mass is 10.1. The van der Waals surface area contributed by atoms with Crippen LogP contribution in [0.15, 0.2) is 52.4 Å². The maximum Gasteiger partial charge on any atom is 0.306 e. The Labute approximate surface area is 188 Å². The molecule has 1 aliphatic heterocycles. The quantitative estimate of drug-likeness (QED) is 0.213. The number of carbonyl (C=O) groups is 1. The van der Waals surface area contributed by atoms with Gasteiger partial charge in [0, 0.05) is 11.3 Å². The lowest BCUT2D eigenvalue weighted by molar-refractivity contribution is -0.145. The molecule has 0 fully saturated rings. The number of hydrogen-bond acceptors (Lipinski definition) is 6. The number of fused-ring (bicyclic) bond motifs is 3. The lowest BCUT2D eigenvalue weighted by Gasteiger charge is -2.19. The molecule has 0 amide bonds. The number of para-hydroxylation sites is 1. The van der Waals surface area contributed by atoms with Crippen molar-refractivity contribution in [1.82, 2.24) is 9.97 Å². The van der Waals surface area contributed by atoms with E-state index in [0.29, 0.717) is 6.42 Å². The third-order valence-electron chi connectivity index (χ3n) is 5.43. The van der Waals surface area contributed by atoms with Crippen LogP contribution < -0.4 is 5.32 Å². The van der Waals surface area contributed by atoms with E-state index in [0.717, 1.165) is 50.9 Å². The molecule has 0 saturated carbocycles. The average molecular weight is 436 g/mol. The number of anilines is 2. The fraction of sp³-hybridized carbons (Fsp3) is 0.400. The van der Waals surface area contributed by atoms with E-state index < -0.39 is 0 Å². The van der Waals surface area contributed by atoms with E-state index in [1.807, 2.05) is 36.4 Å². The van der Waals surface area contributed by atoms with Gasteiger partial charge in [-0.1, -0.05) is 75.4 Å². The van der Waals surface area contributed by atoms with Gasteiger partial charge in [0.1, 0.15) is 11.6 Å². The SMILES string of the molecule is CCCCCCCCCC(=O)OCc1ccc2nc3c(nc2c1)Sc1ccccc1N3. The van der Waals surface area contributed by atoms with Crippen molar-refractivity contribution in [2.24, 2.45) is 0 Å². The van der Waals surface area contributed by atoms with Gasteiger partial charge in [0.05, 0.1) is 16.7 Å². The molecular weight excluding hydrogens is 406 g/mol. The van der Waals surface area contributed by atoms with E-state index in [1.165, 1.54) is 32.1 Å². The summed E-state index contributed by atoms with van der Waals surface area (Å²) in [7, 11) is 0. The molecule has 0 aliphatic carbocycles. The number of esters is 1. The van der Waals surface area contributed by atoms with Gasteiger partial charge >= 0.3 is 5.97 Å². The first kappa shape index (κ1) is 21.6. The van der Waals surface area contributed by atoms with Crippen molar-refractivity contribution in [2.45, 2.75) is 74.8 Å². The minimum absolute atomic E-state index is 0.124. The molecule has 0 unspecified atom stereocenters. The molecular formula is C25H29N3O2S. The standard InChI is InChI=1S/C25H29N3O2S/c1-2-3-4-5-6-7-8-13-23(29)30-17-18-14-15-19-21(16-18)28-25-24(26-19)27-20-11-9-10-12-22(20)31-25/h9-12,14-16H,2-8,13,17H2,1H3,(H,26,27). The number of unbranched alkanes of at least 4 members (excludes halogenated alkanes) is 6. The Kier molecular flexibility index (Phi) is 7.41. The maximum absolute atomic E-state index is 12.1. The van der Waals surface area contributed by atoms with Gasteiger partial charge in [0.2, 0.25) is 0 Å². The molecule has 31 heavy (non-hydrogen) atoms. The number of carbonyl (C=O) groups excluding carboxylic acids is 1. The highest BCUT2D eigenvalue weighted by atomic mass is 32.2. The number of ether oxygens (including phenoxy) is 1. The molecule has 0 bridgehead atoms. The Balaban J connectivity index is 1.30. The van der Waals surface area contributed by atoms with Crippen LogP contribution in [0.25, 0.3) is 11.0 Å². The summed E-state index contributed by atoms with van der Waals surface area (Å²) in [4.78, 5) is 22.7. The van der Waals surface area contributed by atoms with Crippen LogP contribution in [0.2, 0.25) is 0 Å². The average Bonchev–Trinajstić information content (AvgIpc) is 2.79. The summed E-state index contributed by atoms with van der Waals surface area (Å²) in [6, 6.07) is 14.0. The number of nitrogens with zero attached hydrogens (tertiary/aromatic N) is 2. The molecule has 1 N–H and O–H groups in total. The molecule has 3 aromatic rings. The molecule has 5 nitrogen and oxygen atoms in total. The number of aromatic nitrogens is 2. The third-order valence-corrected chi connectivity index (χ3v) is 6.48. The molecule has 0 radical (unpaired) electrons. The van der Waals surface area contributed by atoms with Gasteiger partial charge in [-0.05, 0) is 36.2 Å². The molecule has 0 spiro atoms. The second kappa shape index (κ2) is 10.6. The van der Waals surface area contributed by atoms with Gasteiger partial charge in [0.25, 0.3) is 0 Å². The lowest BCUT2D eigenvalue weighted by Crippen LogP contribution is -2.06. The summed E-state index contributed by atoms with van der Waals surface area (Å²) in [6.07, 6.45) is 8.85. The van der Waals surface area contributed by atoms with Gasteiger partial charge in [0.15, 0.2) is 5.82 Å². The highest BCUT2D eigenvalue weighted by Crippen LogP contribution is 2.42. The zero-order valence-electron chi connectivity index (χ0n) is 18.0. The molecule has 0 saturated heterocycles. The van der Waals surface area contributed by atoms with Gasteiger partial charge < -0.3 is 10.1 Å². The Bertz CT molecular complexity index is 1050. The molecule has 0 atom stereocenters. The minimum atomic E-state index is -0.124. The smallest absolute Gasteiger partial charge is 0.306 e. The molecule has 2 heterocycles. The predicted molar refractivity (Wildman–Crippen MR) is 126 cm³/mol. The minimum Gasteiger partial charge on any atom is -0.461 e. The van der Waals surface area contributed by atoms with Crippen molar-refractivity contribution in [3.05, 3.63) is 48.0 Å². The van der Waals surface area contributed by atoms with Crippen molar-refractivity contribution >= 4 is 40.3 Å². The fourth-order valence-corrected chi connectivity index (χ4v) is 4.60. The first-order valence-corrected chi connectivity index (χ1v) is 12.0. The molecule has 4 rings (SSSR count). The topological polar surface area (TPSA) is 64.1 Å². The summed E-state index contributed by atoms with van der Waals surface area (Å²) < 4.78 is 5.48. The molecule has 2 aromatic carbocycles. The zero-order chi connectivity index (χ0) is 21.5. The highest BCUT2D eigenvalue weighted by Gasteiger charge is 2.18. The first-order valence-electron chi connectivity index (χ1n) is 11.2. The summed E-state index contributed by atoms with van der Waals surface area (Å²) in [6.45, 7) is 2.50. The van der Waals surface area contributed by atoms with Crippen LogP contribution in [0.3, 0.4) is 0 Å². The summed E-state index contributed by atoms with van der Waals surface area (Å²) in [5, 5.41) is 4.22. The van der Waals surface area contributed by atoms with Gasteiger partial charge in [-0.2, -0.15) is 0 Å². The zero-order valence-corrected chi connectivity index (χ0v) is 18.8.